The lowest BCUT2D eigenvalue weighted by Crippen LogP contribution is -1.99. The Hall–Kier alpha value is -17.5. The van der Waals surface area contributed by atoms with Gasteiger partial charge in [-0.2, -0.15) is 31.6 Å². The predicted molar refractivity (Wildman–Crippen MR) is 544 cm³/mol. The fourth-order valence-electron chi connectivity index (χ4n) is 12.2. The van der Waals surface area contributed by atoms with Crippen molar-refractivity contribution < 1.29 is 51.1 Å². The van der Waals surface area contributed by atoms with Crippen LogP contribution in [0.5, 0.6) is 51.7 Å². The number of aromatic nitrogens is 6. The molecule has 18 rings (SSSR count). The number of ether oxygens (including phenoxy) is 6. The first-order chi connectivity index (χ1) is 68.9. The minimum absolute atomic E-state index is 0.0762. The third-order valence-electron chi connectivity index (χ3n) is 19.5. The van der Waals surface area contributed by atoms with Gasteiger partial charge >= 0.3 is 0 Å². The lowest BCUT2D eigenvalue weighted by molar-refractivity contribution is 0.302. The van der Waals surface area contributed by atoms with Crippen molar-refractivity contribution in [2.75, 3.05) is 0 Å². The molecule has 0 fully saturated rings. The van der Waals surface area contributed by atoms with E-state index < -0.39 is 23.3 Å². The number of benzene rings is 12. The number of aromatic hydroxyl groups is 1. The van der Waals surface area contributed by atoms with Gasteiger partial charge in [0, 0.05) is 43.9 Å². The number of alkyl halides is 2. The van der Waals surface area contributed by atoms with Gasteiger partial charge in [-0.15, -0.1) is 11.6 Å². The van der Waals surface area contributed by atoms with Crippen LogP contribution in [0.15, 0.2) is 416 Å². The second kappa shape index (κ2) is 56.8. The maximum absolute atomic E-state index is 13.5. The Bertz CT molecular complexity index is 7260. The fourth-order valence-corrected chi connectivity index (χ4v) is 14.2. The molecule has 0 saturated heterocycles. The Balaban J connectivity index is 0.000000157. The van der Waals surface area contributed by atoms with Crippen molar-refractivity contribution in [3.8, 4) is 133 Å². The molecule has 6 aromatic heterocycles. The molecule has 694 valence electrons. The van der Waals surface area contributed by atoms with Crippen LogP contribution >= 0.6 is 59.4 Å². The predicted octanol–water partition coefficient (Wildman–Crippen LogP) is 29.1. The molecule has 27 heteroatoms. The minimum atomic E-state index is -0.928. The van der Waals surface area contributed by atoms with Crippen molar-refractivity contribution in [2.45, 2.75) is 37.6 Å². The molecule has 0 aliphatic heterocycles. The quantitative estimate of drug-likeness (QED) is 0.0487. The molecule has 1 N–H and O–H groups in total. The lowest BCUT2D eigenvalue weighted by Gasteiger charge is -2.10. The molecule has 0 radical (unpaired) electrons. The minimum Gasteiger partial charge on any atom is -0.506 e. The van der Waals surface area contributed by atoms with Crippen LogP contribution < -0.4 is 28.4 Å². The van der Waals surface area contributed by atoms with E-state index in [-0.39, 0.29) is 35.2 Å². The third kappa shape index (κ3) is 35.0. The Morgan fingerprint density at radius 3 is 0.943 bits per heavy atom. The van der Waals surface area contributed by atoms with Gasteiger partial charge in [0.25, 0.3) is 0 Å². The van der Waals surface area contributed by atoms with Crippen LogP contribution in [-0.2, 0) is 37.6 Å². The molecule has 141 heavy (non-hydrogen) atoms. The van der Waals surface area contributed by atoms with Crippen LogP contribution in [0, 0.1) is 91.3 Å². The topological polar surface area (TPSA) is 296 Å². The first-order valence-corrected chi connectivity index (χ1v) is 45.9. The van der Waals surface area contributed by atoms with Gasteiger partial charge in [-0.25, -0.2) is 47.5 Å². The molecular formula is C114H80Br3ClF4N12O7. The van der Waals surface area contributed by atoms with Crippen LogP contribution in [0.1, 0.15) is 67.5 Å². The smallest absolute Gasteiger partial charge is 0.182 e. The van der Waals surface area contributed by atoms with Gasteiger partial charge in [-0.1, -0.05) is 315 Å². The second-order valence-corrected chi connectivity index (χ2v) is 31.9. The molecule has 19 nitrogen and oxygen atoms in total. The average molecular weight is 2080 g/mol. The van der Waals surface area contributed by atoms with E-state index in [9.17, 15) is 17.6 Å². The maximum Gasteiger partial charge on any atom is 0.182 e. The van der Waals surface area contributed by atoms with Gasteiger partial charge in [0.05, 0.1) is 37.2 Å². The Kier molecular flexibility index (Phi) is 41.9. The molecule has 6 heterocycles. The van der Waals surface area contributed by atoms with Crippen molar-refractivity contribution >= 4 is 59.4 Å². The fraction of sp³-hybridized carbons (Fsp3) is 0.0526. The molecule has 0 unspecified atom stereocenters. The summed E-state index contributed by atoms with van der Waals surface area (Å²) in [6.07, 6.45) is 7.48. The highest BCUT2D eigenvalue weighted by atomic mass is 79.9. The Morgan fingerprint density at radius 1 is 0.277 bits per heavy atom. The summed E-state index contributed by atoms with van der Waals surface area (Å²) in [6, 6.07) is 128. The molecule has 0 spiro atoms. The molecule has 18 aromatic rings. The summed E-state index contributed by atoms with van der Waals surface area (Å²) in [6.45, 7) is 1.42. The van der Waals surface area contributed by atoms with Crippen LogP contribution in [0.2, 0.25) is 0 Å². The van der Waals surface area contributed by atoms with Crippen LogP contribution in [0.25, 0.3) is 44.5 Å². The van der Waals surface area contributed by atoms with E-state index in [4.69, 9.17) is 76.7 Å². The first-order valence-electron chi connectivity index (χ1n) is 42.7. The van der Waals surface area contributed by atoms with E-state index in [1.165, 1.54) is 70.5 Å². The van der Waals surface area contributed by atoms with Crippen molar-refractivity contribution in [2.24, 2.45) is 0 Å². The summed E-state index contributed by atoms with van der Waals surface area (Å²) in [5, 5.41) is 60.9. The summed E-state index contributed by atoms with van der Waals surface area (Å²) in [4.78, 5) is 22.1. The lowest BCUT2D eigenvalue weighted by atomic mass is 10.0. The van der Waals surface area contributed by atoms with Crippen molar-refractivity contribution in [3.05, 3.63) is 507 Å². The van der Waals surface area contributed by atoms with Crippen LogP contribution in [0.3, 0.4) is 0 Å². The molecule has 0 saturated carbocycles. The third-order valence-corrected chi connectivity index (χ3v) is 21.9. The summed E-state index contributed by atoms with van der Waals surface area (Å²) in [5.41, 5.74) is 16.3. The molecule has 0 aliphatic carbocycles. The molecule has 0 bridgehead atoms. The summed E-state index contributed by atoms with van der Waals surface area (Å²) < 4.78 is 86.9. The zero-order chi connectivity index (χ0) is 99.6. The van der Waals surface area contributed by atoms with Crippen molar-refractivity contribution in [1.29, 1.82) is 31.6 Å². The normalized spacial score (nSPS) is 9.86. The number of pyridine rings is 6. The van der Waals surface area contributed by atoms with Crippen LogP contribution in [0.4, 0.5) is 17.6 Å². The number of nitriles is 6. The van der Waals surface area contributed by atoms with Gasteiger partial charge in [0.15, 0.2) is 34.5 Å². The van der Waals surface area contributed by atoms with E-state index in [0.717, 1.165) is 99.7 Å². The number of para-hydroxylation sites is 2. The summed E-state index contributed by atoms with van der Waals surface area (Å²) in [5.74, 6) is 2.69. The zero-order valence-corrected chi connectivity index (χ0v) is 80.2. The number of rotatable bonds is 22. The van der Waals surface area contributed by atoms with Gasteiger partial charge in [-0.05, 0) is 157 Å². The molecule has 12 aromatic carbocycles. The number of halogens is 8. The molecule has 0 amide bonds. The molecule has 0 aliphatic rings. The monoisotopic (exact) mass is 2080 g/mol. The zero-order valence-electron chi connectivity index (χ0n) is 74.7. The van der Waals surface area contributed by atoms with E-state index in [1.807, 2.05) is 255 Å². The highest BCUT2D eigenvalue weighted by Crippen LogP contribution is 2.33. The second-order valence-electron chi connectivity index (χ2n) is 29.3. The number of hydrogen-bond donors (Lipinski definition) is 1. The standard InChI is InChI=1S/C19H13BrN2O2.2C19H13FN2O.C19H14N2O.C13H10Br2O.C13H11Cl.C6H2F2N2.C6H4N2O/c20-19-10-17(24-16-4-2-1-3-5-16)8-6-14(19)13-23-18-9-7-15(11-21)22-12-18;20-17-10-19(18(11-21)22-12-17)23-13-14-6-8-16(9-7-14)15-4-2-1-3-5-15;20-18-10-17(12-22-19(18)11-21)23-13-14-6-8-16(9-7-14)15-4-2-1-3-5-15;20-12-18-10-11-19(13-21-18)22-14-15-6-8-17(9-7-15)16-4-2-1-3-5-16;14-9-10-6-7-12(8-13(10)15)16-11-4-2-1-3-5-11;14-10-11-6-8-13(9-7-11)12-4-2-1-3-5-12;7-4-1-5(8)6(2-9)10-3-4;7-3-5-1-2-6(9)4-8-5/h1-10,12H,13H2;2*1-10,12H,13H2;1-11,13H,14H2;1-8H,9H2;1-9H,10H2;1,3H;1-2,4,9H. The molecule has 0 atom stereocenters. The number of hydrogen-bond acceptors (Lipinski definition) is 19. The SMILES string of the molecule is BrCc1ccc(Oc2ccccc2)cc1Br.ClCc1ccc(-c2ccccc2)cc1.N#Cc1ccc(O)cn1.N#Cc1ccc(OCc2ccc(-c3ccccc3)cc2)cn1.N#Cc1ccc(OCc2ccc(Oc3ccccc3)cc2Br)cn1.N#Cc1ncc(F)cc1F.N#Cc1ncc(F)cc1OCc1ccc(-c2ccccc2)cc1.N#Cc1ncc(OCc2ccc(-c3ccccc3)cc2)cc1F. The average Bonchev–Trinajstić information content (AvgIpc) is 0.857. The van der Waals surface area contributed by atoms with E-state index in [1.54, 1.807) is 42.7 Å². The molecular weight excluding hydrogens is 2000 g/mol. The van der Waals surface area contributed by atoms with Crippen molar-refractivity contribution in [1.82, 2.24) is 29.9 Å². The van der Waals surface area contributed by atoms with Gasteiger partial charge in [0.1, 0.15) is 138 Å². The summed E-state index contributed by atoms with van der Waals surface area (Å²) in [7, 11) is 0. The first kappa shape index (κ1) is 104. The number of nitrogens with zero attached hydrogens (tertiary/aromatic N) is 12. The largest absolute Gasteiger partial charge is 0.506 e. The highest BCUT2D eigenvalue weighted by molar-refractivity contribution is 9.11. The maximum atomic E-state index is 13.5. The van der Waals surface area contributed by atoms with Crippen molar-refractivity contribution in [3.63, 3.8) is 0 Å². The van der Waals surface area contributed by atoms with E-state index in [0.29, 0.717) is 66.1 Å². The van der Waals surface area contributed by atoms with Gasteiger partial charge in [0.2, 0.25) is 0 Å². The van der Waals surface area contributed by atoms with E-state index in [2.05, 4.69) is 163 Å². The summed E-state index contributed by atoms with van der Waals surface area (Å²) >= 11 is 16.2. The van der Waals surface area contributed by atoms with Gasteiger partial charge in [-0.3, -0.25) is 0 Å². The van der Waals surface area contributed by atoms with Crippen LogP contribution in [-0.4, -0.2) is 35.0 Å². The Morgan fingerprint density at radius 2 is 0.596 bits per heavy atom. The highest BCUT2D eigenvalue weighted by Gasteiger charge is 2.13. The van der Waals surface area contributed by atoms with E-state index >= 15 is 0 Å². The van der Waals surface area contributed by atoms with Gasteiger partial charge < -0.3 is 33.5 Å². The Labute approximate surface area is 843 Å².